The minimum Gasteiger partial charge on any atom is -0.378 e. The van der Waals surface area contributed by atoms with Crippen molar-refractivity contribution in [3.8, 4) is 0 Å². The van der Waals surface area contributed by atoms with Crippen LogP contribution in [0.4, 0.5) is 13.2 Å². The van der Waals surface area contributed by atoms with Gasteiger partial charge in [-0.15, -0.1) is 0 Å². The van der Waals surface area contributed by atoms with Crippen LogP contribution < -0.4 is 5.32 Å². The molecule has 0 saturated carbocycles. The van der Waals surface area contributed by atoms with Crippen molar-refractivity contribution in [2.24, 2.45) is 0 Å². The topological polar surface area (TPSA) is 41.6 Å². The Morgan fingerprint density at radius 1 is 1.48 bits per heavy atom. The molecule has 1 atom stereocenters. The van der Waals surface area contributed by atoms with Gasteiger partial charge in [-0.3, -0.25) is 4.79 Å². The Kier molecular flexibility index (Phi) is 4.84. The maximum Gasteiger partial charge on any atom is 0.416 e. The normalized spacial score (nSPS) is 19.3. The van der Waals surface area contributed by atoms with Gasteiger partial charge in [0.15, 0.2) is 0 Å². The van der Waals surface area contributed by atoms with E-state index in [0.29, 0.717) is 18.7 Å². The van der Waals surface area contributed by atoms with Crippen molar-refractivity contribution in [2.45, 2.75) is 18.8 Å². The van der Waals surface area contributed by atoms with Crippen molar-refractivity contribution in [3.05, 3.63) is 35.4 Å². The van der Waals surface area contributed by atoms with Crippen LogP contribution in [0.1, 0.15) is 11.1 Å². The zero-order chi connectivity index (χ0) is 15.5. The Balaban J connectivity index is 2.02. The molecule has 0 bridgehead atoms. The summed E-state index contributed by atoms with van der Waals surface area (Å²) < 4.78 is 43.2. The number of benzene rings is 1. The van der Waals surface area contributed by atoms with E-state index in [2.05, 4.69) is 5.32 Å². The Labute approximate surface area is 120 Å². The summed E-state index contributed by atoms with van der Waals surface area (Å²) in [6, 6.07) is 4.56. The van der Waals surface area contributed by atoms with Crippen LogP contribution in [0.5, 0.6) is 0 Å². The Bertz CT molecular complexity index is 499. The van der Waals surface area contributed by atoms with E-state index < -0.39 is 17.8 Å². The minimum absolute atomic E-state index is 0.126. The number of carbonyl (C=O) groups excluding carboxylic acids is 1. The number of hydrogen-bond donors (Lipinski definition) is 1. The van der Waals surface area contributed by atoms with Gasteiger partial charge in [0.25, 0.3) is 0 Å². The predicted octanol–water partition coefficient (Wildman–Crippen LogP) is 1.65. The average Bonchev–Trinajstić information content (AvgIpc) is 2.47. The van der Waals surface area contributed by atoms with Crippen molar-refractivity contribution in [2.75, 3.05) is 26.8 Å². The fraction of sp³-hybridized carbons (Fsp3) is 0.500. The number of ether oxygens (including phenoxy) is 1. The fourth-order valence-electron chi connectivity index (χ4n) is 2.19. The van der Waals surface area contributed by atoms with Crippen molar-refractivity contribution in [1.29, 1.82) is 0 Å². The van der Waals surface area contributed by atoms with E-state index in [1.165, 1.54) is 11.0 Å². The second kappa shape index (κ2) is 6.44. The molecule has 0 aromatic heterocycles. The summed E-state index contributed by atoms with van der Waals surface area (Å²) in [4.78, 5) is 13.6. The van der Waals surface area contributed by atoms with Crippen molar-refractivity contribution in [3.63, 3.8) is 0 Å². The number of morpholine rings is 1. The summed E-state index contributed by atoms with van der Waals surface area (Å²) in [5, 5.41) is 3.02. The molecule has 1 amide bonds. The molecule has 4 nitrogen and oxygen atoms in total. The molecular formula is C14H17F3N2O2. The summed E-state index contributed by atoms with van der Waals surface area (Å²) >= 11 is 0. The second-order valence-corrected chi connectivity index (χ2v) is 4.97. The highest BCUT2D eigenvalue weighted by Gasteiger charge is 2.30. The van der Waals surface area contributed by atoms with E-state index in [9.17, 15) is 18.0 Å². The molecule has 1 fully saturated rings. The smallest absolute Gasteiger partial charge is 0.378 e. The molecule has 1 aromatic carbocycles. The highest BCUT2D eigenvalue weighted by molar-refractivity contribution is 5.81. The zero-order valence-electron chi connectivity index (χ0n) is 11.6. The summed E-state index contributed by atoms with van der Waals surface area (Å²) in [6.45, 7) is 1.56. The van der Waals surface area contributed by atoms with Gasteiger partial charge in [-0.25, -0.2) is 0 Å². The fourth-order valence-corrected chi connectivity index (χ4v) is 2.19. The molecule has 116 valence electrons. The summed E-state index contributed by atoms with van der Waals surface area (Å²) in [5.41, 5.74) is -0.266. The minimum atomic E-state index is -4.38. The zero-order valence-corrected chi connectivity index (χ0v) is 11.6. The Morgan fingerprint density at radius 2 is 2.24 bits per heavy atom. The molecule has 2 rings (SSSR count). The Hall–Kier alpha value is -1.60. The van der Waals surface area contributed by atoms with Crippen LogP contribution in [0.25, 0.3) is 0 Å². The summed E-state index contributed by atoms with van der Waals surface area (Å²) in [6.07, 6.45) is -4.38. The van der Waals surface area contributed by atoms with Crippen LogP contribution >= 0.6 is 0 Å². The molecule has 21 heavy (non-hydrogen) atoms. The highest BCUT2D eigenvalue weighted by atomic mass is 19.4. The molecule has 0 radical (unpaired) electrons. The van der Waals surface area contributed by atoms with Gasteiger partial charge >= 0.3 is 6.18 Å². The third-order valence-corrected chi connectivity index (χ3v) is 3.27. The van der Waals surface area contributed by atoms with Crippen LogP contribution in [0.2, 0.25) is 0 Å². The molecule has 1 N–H and O–H groups in total. The number of nitrogens with zero attached hydrogens (tertiary/aromatic N) is 1. The van der Waals surface area contributed by atoms with Gasteiger partial charge in [-0.05, 0) is 17.7 Å². The Morgan fingerprint density at radius 3 is 2.86 bits per heavy atom. The van der Waals surface area contributed by atoms with Gasteiger partial charge in [0.05, 0.1) is 18.8 Å². The molecule has 1 unspecified atom stereocenters. The number of halogens is 3. The molecule has 1 aromatic rings. The molecule has 1 saturated heterocycles. The largest absolute Gasteiger partial charge is 0.416 e. The van der Waals surface area contributed by atoms with Gasteiger partial charge in [-0.2, -0.15) is 13.2 Å². The van der Waals surface area contributed by atoms with Crippen molar-refractivity contribution >= 4 is 5.91 Å². The van der Waals surface area contributed by atoms with Gasteiger partial charge in [0.2, 0.25) is 5.91 Å². The van der Waals surface area contributed by atoms with Gasteiger partial charge in [-0.1, -0.05) is 12.1 Å². The van der Waals surface area contributed by atoms with Crippen LogP contribution in [0, 0.1) is 0 Å². The van der Waals surface area contributed by atoms with Gasteiger partial charge in [0.1, 0.15) is 6.04 Å². The number of likely N-dealkylation sites (N-methyl/N-ethyl adjacent to an activating group) is 1. The van der Waals surface area contributed by atoms with Crippen LogP contribution in [0.3, 0.4) is 0 Å². The third kappa shape index (κ3) is 4.18. The maximum absolute atomic E-state index is 12.6. The lowest BCUT2D eigenvalue weighted by atomic mass is 10.1. The molecule has 7 heteroatoms. The van der Waals surface area contributed by atoms with Crippen molar-refractivity contribution in [1.82, 2.24) is 10.2 Å². The maximum atomic E-state index is 12.6. The van der Waals surface area contributed by atoms with E-state index in [0.717, 1.165) is 12.1 Å². The summed E-state index contributed by atoms with van der Waals surface area (Å²) in [7, 11) is 1.57. The van der Waals surface area contributed by atoms with Crippen LogP contribution in [-0.4, -0.2) is 43.7 Å². The number of rotatable bonds is 3. The SMILES string of the molecule is CN(Cc1cccc(C(F)(F)F)c1)C(=O)C1COCCN1. The van der Waals surface area contributed by atoms with Crippen LogP contribution in [-0.2, 0) is 22.3 Å². The first-order valence-corrected chi connectivity index (χ1v) is 6.60. The molecule has 1 aliphatic heterocycles. The molecule has 1 heterocycles. The molecule has 0 aliphatic carbocycles. The molecule has 0 spiro atoms. The quantitative estimate of drug-likeness (QED) is 0.923. The first-order chi connectivity index (χ1) is 9.88. The van der Waals surface area contributed by atoms with Crippen LogP contribution in [0.15, 0.2) is 24.3 Å². The highest BCUT2D eigenvalue weighted by Crippen LogP contribution is 2.29. The van der Waals surface area contributed by atoms with E-state index >= 15 is 0 Å². The molecular weight excluding hydrogens is 285 g/mol. The van der Waals surface area contributed by atoms with E-state index in [1.54, 1.807) is 13.1 Å². The number of alkyl halides is 3. The third-order valence-electron chi connectivity index (χ3n) is 3.27. The van der Waals surface area contributed by atoms with Gasteiger partial charge in [0, 0.05) is 20.1 Å². The van der Waals surface area contributed by atoms with E-state index in [-0.39, 0.29) is 19.1 Å². The van der Waals surface area contributed by atoms with Crippen molar-refractivity contribution < 1.29 is 22.7 Å². The predicted molar refractivity (Wildman–Crippen MR) is 70.5 cm³/mol. The lowest BCUT2D eigenvalue weighted by Gasteiger charge is -2.27. The number of amides is 1. The summed E-state index contributed by atoms with van der Waals surface area (Å²) in [5.74, 6) is -0.188. The van der Waals surface area contributed by atoms with E-state index in [4.69, 9.17) is 4.74 Å². The van der Waals surface area contributed by atoms with E-state index in [1.807, 2.05) is 0 Å². The lowest BCUT2D eigenvalue weighted by Crippen LogP contribution is -2.51. The number of nitrogens with one attached hydrogen (secondary N) is 1. The second-order valence-electron chi connectivity index (χ2n) is 4.97. The van der Waals surface area contributed by atoms with Gasteiger partial charge < -0.3 is 15.0 Å². The standard InChI is InChI=1S/C14H17F3N2O2/c1-19(13(20)12-9-21-6-5-18-12)8-10-3-2-4-11(7-10)14(15,16)17/h2-4,7,12,18H,5-6,8-9H2,1H3. The lowest BCUT2D eigenvalue weighted by molar-refractivity contribution is -0.137. The monoisotopic (exact) mass is 302 g/mol. The first kappa shape index (κ1) is 15.8. The number of carbonyl (C=O) groups is 1. The molecule has 1 aliphatic rings. The first-order valence-electron chi connectivity index (χ1n) is 6.60. The average molecular weight is 302 g/mol. The number of hydrogen-bond acceptors (Lipinski definition) is 3.